The van der Waals surface area contributed by atoms with Crippen molar-refractivity contribution in [2.75, 3.05) is 0 Å². The first-order valence-electron chi connectivity index (χ1n) is 2.58. The van der Waals surface area contributed by atoms with Gasteiger partial charge in [-0.2, -0.15) is 0 Å². The van der Waals surface area contributed by atoms with E-state index >= 15 is 0 Å². The number of aliphatic carboxylic acids is 1. The van der Waals surface area contributed by atoms with Gasteiger partial charge in [0.2, 0.25) is 0 Å². The molecule has 0 rings (SSSR count). The number of carboxylic acids is 1. The van der Waals surface area contributed by atoms with E-state index in [0.717, 1.165) is 0 Å². The summed E-state index contributed by atoms with van der Waals surface area (Å²) in [6, 6.07) is 0.00231. The summed E-state index contributed by atoms with van der Waals surface area (Å²) in [5.41, 5.74) is 0. The number of rotatable bonds is 3. The Labute approximate surface area is 82.4 Å². The van der Waals surface area contributed by atoms with Gasteiger partial charge in [-0.1, -0.05) is 0 Å². The van der Waals surface area contributed by atoms with E-state index in [9.17, 15) is 4.79 Å². The minimum absolute atomic E-state index is 0. The number of carbonyl (C=O) groups is 1. The Morgan fingerprint density at radius 1 is 1.50 bits per heavy atom. The van der Waals surface area contributed by atoms with Crippen molar-refractivity contribution in [2.24, 2.45) is 0 Å². The largest absolute Gasteiger partial charge is 0.481 e. The second-order valence-electron chi connectivity index (χ2n) is 2.11. The predicted octanol–water partition coefficient (Wildman–Crippen LogP) is -0.863. The summed E-state index contributed by atoms with van der Waals surface area (Å²) in [6.45, 7) is 1.29. The minimum Gasteiger partial charge on any atom is -0.481 e. The molecule has 0 fully saturated rings. The quantitative estimate of drug-likeness (QED) is 0.485. The Kier molecular flexibility index (Phi) is 6.98. The molecular weight excluding hydrogens is 163 g/mol. The molecule has 0 saturated heterocycles. The van der Waals surface area contributed by atoms with Crippen LogP contribution in [0.4, 0.5) is 0 Å². The molecule has 0 aliphatic heterocycles. The molecule has 0 heterocycles. The van der Waals surface area contributed by atoms with Crippen LogP contribution >= 0.6 is 0 Å². The van der Waals surface area contributed by atoms with Gasteiger partial charge >= 0.3 is 14.5 Å². The van der Waals surface area contributed by atoms with Gasteiger partial charge in [-0.25, -0.2) is 0 Å². The third kappa shape index (κ3) is 11.4. The van der Waals surface area contributed by atoms with Gasteiger partial charge < -0.3 is 14.7 Å². The maximum Gasteiger partial charge on any atom is 0.330 e. The van der Waals surface area contributed by atoms with Crippen molar-refractivity contribution in [3.8, 4) is 0 Å². The van der Waals surface area contributed by atoms with Crippen LogP contribution in [0.25, 0.3) is 0 Å². The van der Waals surface area contributed by atoms with Gasteiger partial charge in [0.05, 0.1) is 0 Å². The Morgan fingerprint density at radius 3 is 2.00 bits per heavy atom. The maximum absolute atomic E-state index is 9.85. The topological polar surface area (TPSA) is 77.8 Å². The average Bonchev–Trinajstić information content (AvgIpc) is 1.59. The molecule has 0 aromatic heterocycles. The predicted molar refractivity (Wildman–Crippen MR) is 38.9 cm³/mol. The molecule has 0 unspecified atom stereocenters. The van der Waals surface area contributed by atoms with Crippen LogP contribution in [0.5, 0.6) is 0 Å². The van der Waals surface area contributed by atoms with Crippen LogP contribution in [0.1, 0.15) is 6.42 Å². The van der Waals surface area contributed by atoms with Crippen molar-refractivity contribution in [3.05, 3.63) is 0 Å². The molecule has 0 amide bonds. The number of carboxylic acid groups (broad SMARTS) is 1. The van der Waals surface area contributed by atoms with Gasteiger partial charge in [-0.3, -0.25) is 4.79 Å². The van der Waals surface area contributed by atoms with E-state index in [-0.39, 0.29) is 42.0 Å². The van der Waals surface area contributed by atoms with E-state index in [1.54, 1.807) is 0 Å². The minimum atomic E-state index is -3.10. The van der Waals surface area contributed by atoms with Crippen molar-refractivity contribution in [1.29, 1.82) is 0 Å². The van der Waals surface area contributed by atoms with E-state index in [1.165, 1.54) is 6.55 Å². The fourth-order valence-corrected chi connectivity index (χ4v) is 1.03. The molecule has 3 N–H and O–H groups in total. The van der Waals surface area contributed by atoms with Gasteiger partial charge in [-0.05, 0) is 6.55 Å². The van der Waals surface area contributed by atoms with E-state index in [0.29, 0.717) is 0 Å². The molecule has 55 valence electrons. The van der Waals surface area contributed by atoms with Gasteiger partial charge in [0, 0.05) is 42.0 Å². The summed E-state index contributed by atoms with van der Waals surface area (Å²) in [5, 5.41) is 8.08. The molecule has 0 saturated carbocycles. The van der Waals surface area contributed by atoms with E-state index in [1.807, 2.05) is 0 Å². The molecule has 0 atom stereocenters. The fourth-order valence-electron chi connectivity index (χ4n) is 0.344. The van der Waals surface area contributed by atoms with Gasteiger partial charge in [0.25, 0.3) is 0 Å². The van der Waals surface area contributed by atoms with E-state index in [2.05, 4.69) is 0 Å². The molecule has 6 heteroatoms. The monoisotopic (exact) mass is 173 g/mol. The second-order valence-corrected chi connectivity index (χ2v) is 5.04. The SMILES string of the molecule is C[Si](O)(O)CCC(=O)O.[Na]. The summed E-state index contributed by atoms with van der Waals surface area (Å²) in [6.07, 6.45) is -0.157. The molecule has 0 aromatic carbocycles. The van der Waals surface area contributed by atoms with Crippen molar-refractivity contribution < 1.29 is 19.5 Å². The zero-order chi connectivity index (χ0) is 7.49. The number of hydrogen-bond donors (Lipinski definition) is 3. The Hall–Kier alpha value is 0.607. The van der Waals surface area contributed by atoms with Crippen molar-refractivity contribution >= 4 is 44.1 Å². The van der Waals surface area contributed by atoms with Crippen LogP contribution in [-0.4, -0.2) is 58.8 Å². The van der Waals surface area contributed by atoms with E-state index in [4.69, 9.17) is 14.7 Å². The molecule has 1 radical (unpaired) electrons. The van der Waals surface area contributed by atoms with Crippen LogP contribution < -0.4 is 0 Å². The summed E-state index contributed by atoms with van der Waals surface area (Å²) < 4.78 is 0. The first kappa shape index (κ1) is 13.2. The smallest absolute Gasteiger partial charge is 0.330 e. The van der Waals surface area contributed by atoms with Gasteiger partial charge in [0.15, 0.2) is 0 Å². The second kappa shape index (κ2) is 5.28. The van der Waals surface area contributed by atoms with Crippen molar-refractivity contribution in [3.63, 3.8) is 0 Å². The molecule has 0 aromatic rings. The van der Waals surface area contributed by atoms with Crippen LogP contribution in [0.2, 0.25) is 12.6 Å². The molecule has 4 nitrogen and oxygen atoms in total. The molecule has 0 spiro atoms. The first-order chi connectivity index (χ1) is 3.92. The van der Waals surface area contributed by atoms with Crippen molar-refractivity contribution in [2.45, 2.75) is 19.0 Å². The van der Waals surface area contributed by atoms with Gasteiger partial charge in [0.1, 0.15) is 0 Å². The summed E-state index contributed by atoms with van der Waals surface area (Å²) >= 11 is 0. The molecular formula is C4H10NaO4Si. The van der Waals surface area contributed by atoms with Crippen LogP contribution in [0.3, 0.4) is 0 Å². The first-order valence-corrected chi connectivity index (χ1v) is 5.18. The maximum atomic E-state index is 9.85. The Bertz CT molecular complexity index is 110. The Balaban J connectivity index is 0. The third-order valence-corrected chi connectivity index (χ3v) is 2.01. The summed E-state index contributed by atoms with van der Waals surface area (Å²) in [5.74, 6) is -0.989. The molecule has 10 heavy (non-hydrogen) atoms. The number of hydrogen-bond acceptors (Lipinski definition) is 3. The fraction of sp³-hybridized carbons (Fsp3) is 0.750. The van der Waals surface area contributed by atoms with Crippen LogP contribution in [-0.2, 0) is 4.79 Å². The third-order valence-electron chi connectivity index (χ3n) is 0.812. The zero-order valence-corrected chi connectivity index (χ0v) is 9.16. The molecule has 0 bridgehead atoms. The zero-order valence-electron chi connectivity index (χ0n) is 6.16. The standard InChI is InChI=1S/C4H10O4Si.Na/c1-9(7,8)3-2-4(5)6;/h7-8H,2-3H2,1H3,(H,5,6);. The van der Waals surface area contributed by atoms with Crippen LogP contribution in [0.15, 0.2) is 0 Å². The summed E-state index contributed by atoms with van der Waals surface area (Å²) in [7, 11) is -3.10. The van der Waals surface area contributed by atoms with Crippen molar-refractivity contribution in [1.82, 2.24) is 0 Å². The average molecular weight is 173 g/mol. The summed E-state index contributed by atoms with van der Waals surface area (Å²) in [4.78, 5) is 27.2. The molecule has 0 aliphatic rings. The van der Waals surface area contributed by atoms with Gasteiger partial charge in [-0.15, -0.1) is 0 Å². The Morgan fingerprint density at radius 2 is 1.90 bits per heavy atom. The normalized spacial score (nSPS) is 10.3. The molecule has 0 aliphatic carbocycles. The van der Waals surface area contributed by atoms with Crippen LogP contribution in [0, 0.1) is 0 Å². The van der Waals surface area contributed by atoms with E-state index < -0.39 is 14.5 Å².